The standard InChI is InChI=1S/C21H20F3N3O4/c1-13-7-9-16(10-8-13)27-14(2)19(29)26(20(27)30)12-18(28)25-11-15-5-3-4-6-17(15)31-21(22,23)24/h3-10,14H,11-12H2,1-2H3,(H,25,28). The number of nitrogens with one attached hydrogen (secondary N) is 1. The molecule has 1 aliphatic heterocycles. The van der Waals surface area contributed by atoms with Crippen LogP contribution in [0.2, 0.25) is 0 Å². The van der Waals surface area contributed by atoms with Gasteiger partial charge in [0.15, 0.2) is 0 Å². The Kier molecular flexibility index (Phi) is 6.19. The molecule has 1 heterocycles. The fraction of sp³-hybridized carbons (Fsp3) is 0.286. The zero-order chi connectivity index (χ0) is 22.8. The summed E-state index contributed by atoms with van der Waals surface area (Å²) in [5.41, 5.74) is 1.61. The first kappa shape index (κ1) is 22.1. The van der Waals surface area contributed by atoms with Crippen LogP contribution in [0.15, 0.2) is 48.5 Å². The Labute approximate surface area is 176 Å². The number of anilines is 1. The molecule has 2 aromatic carbocycles. The molecule has 1 N–H and O–H groups in total. The van der Waals surface area contributed by atoms with E-state index in [4.69, 9.17) is 0 Å². The van der Waals surface area contributed by atoms with Crippen LogP contribution >= 0.6 is 0 Å². The number of nitrogens with zero attached hydrogens (tertiary/aromatic N) is 2. The van der Waals surface area contributed by atoms with Crippen molar-refractivity contribution >= 4 is 23.5 Å². The summed E-state index contributed by atoms with van der Waals surface area (Å²) < 4.78 is 41.5. The van der Waals surface area contributed by atoms with Crippen molar-refractivity contribution in [2.45, 2.75) is 32.8 Å². The van der Waals surface area contributed by atoms with Gasteiger partial charge in [0.05, 0.1) is 0 Å². The third kappa shape index (κ3) is 5.14. The number of rotatable bonds is 6. The molecule has 1 atom stereocenters. The van der Waals surface area contributed by atoms with Gasteiger partial charge in [0, 0.05) is 17.8 Å². The minimum Gasteiger partial charge on any atom is -0.405 e. The van der Waals surface area contributed by atoms with E-state index in [9.17, 15) is 27.6 Å². The minimum absolute atomic E-state index is 0.0990. The highest BCUT2D eigenvalue weighted by atomic mass is 19.4. The fourth-order valence-electron chi connectivity index (χ4n) is 3.18. The van der Waals surface area contributed by atoms with Crippen molar-refractivity contribution in [3.8, 4) is 5.75 Å². The molecular weight excluding hydrogens is 415 g/mol. The normalized spacial score (nSPS) is 16.6. The molecule has 1 fully saturated rings. The van der Waals surface area contributed by atoms with Crippen LogP contribution in [-0.4, -0.2) is 41.7 Å². The van der Waals surface area contributed by atoms with Crippen molar-refractivity contribution in [1.29, 1.82) is 0 Å². The summed E-state index contributed by atoms with van der Waals surface area (Å²) in [5, 5.41) is 2.42. The topological polar surface area (TPSA) is 79.0 Å². The lowest BCUT2D eigenvalue weighted by Crippen LogP contribution is -2.41. The highest BCUT2D eigenvalue weighted by Crippen LogP contribution is 2.27. The van der Waals surface area contributed by atoms with Crippen LogP contribution in [0.1, 0.15) is 18.1 Å². The average molecular weight is 435 g/mol. The van der Waals surface area contributed by atoms with Crippen molar-refractivity contribution < 1.29 is 32.3 Å². The van der Waals surface area contributed by atoms with E-state index in [2.05, 4.69) is 10.1 Å². The molecule has 0 saturated carbocycles. The summed E-state index contributed by atoms with van der Waals surface area (Å²) in [5.74, 6) is -1.68. The molecule has 4 amide bonds. The van der Waals surface area contributed by atoms with E-state index >= 15 is 0 Å². The Morgan fingerprint density at radius 2 is 1.74 bits per heavy atom. The number of aryl methyl sites for hydroxylation is 1. The van der Waals surface area contributed by atoms with E-state index in [0.717, 1.165) is 16.5 Å². The van der Waals surface area contributed by atoms with Crippen molar-refractivity contribution in [2.75, 3.05) is 11.4 Å². The van der Waals surface area contributed by atoms with Gasteiger partial charge in [0.2, 0.25) is 5.91 Å². The van der Waals surface area contributed by atoms with E-state index in [-0.39, 0.29) is 12.1 Å². The van der Waals surface area contributed by atoms with Gasteiger partial charge in [0.25, 0.3) is 5.91 Å². The number of carbonyl (C=O) groups is 3. The molecule has 0 spiro atoms. The van der Waals surface area contributed by atoms with Crippen LogP contribution in [0.5, 0.6) is 5.75 Å². The second-order valence-corrected chi connectivity index (χ2v) is 7.02. The summed E-state index contributed by atoms with van der Waals surface area (Å²) in [6.07, 6.45) is -4.87. The number of hydrogen-bond acceptors (Lipinski definition) is 4. The summed E-state index contributed by atoms with van der Waals surface area (Å²) in [6.45, 7) is 2.63. The van der Waals surface area contributed by atoms with Crippen LogP contribution in [0.25, 0.3) is 0 Å². The number of hydrogen-bond donors (Lipinski definition) is 1. The average Bonchev–Trinajstić information content (AvgIpc) is 2.90. The molecular formula is C21H20F3N3O4. The maximum atomic E-state index is 12.7. The van der Waals surface area contributed by atoms with Gasteiger partial charge < -0.3 is 10.1 Å². The molecule has 10 heteroatoms. The summed E-state index contributed by atoms with van der Waals surface area (Å²) >= 11 is 0. The Bertz CT molecular complexity index is 992. The maximum absolute atomic E-state index is 12.7. The van der Waals surface area contributed by atoms with E-state index in [0.29, 0.717) is 5.69 Å². The monoisotopic (exact) mass is 435 g/mol. The number of benzene rings is 2. The van der Waals surface area contributed by atoms with Crippen LogP contribution in [0.3, 0.4) is 0 Å². The summed E-state index contributed by atoms with van der Waals surface area (Å²) in [7, 11) is 0. The van der Waals surface area contributed by atoms with Gasteiger partial charge >= 0.3 is 12.4 Å². The number of halogens is 3. The zero-order valence-electron chi connectivity index (χ0n) is 16.8. The van der Waals surface area contributed by atoms with Gasteiger partial charge in [-0.3, -0.25) is 19.4 Å². The second kappa shape index (κ2) is 8.66. The van der Waals surface area contributed by atoms with E-state index in [1.54, 1.807) is 31.2 Å². The van der Waals surface area contributed by atoms with Gasteiger partial charge in [-0.15, -0.1) is 13.2 Å². The van der Waals surface area contributed by atoms with Crippen LogP contribution < -0.4 is 15.0 Å². The van der Waals surface area contributed by atoms with Crippen molar-refractivity contribution in [2.24, 2.45) is 0 Å². The van der Waals surface area contributed by atoms with Crippen LogP contribution in [-0.2, 0) is 16.1 Å². The number of urea groups is 1. The predicted molar refractivity (Wildman–Crippen MR) is 105 cm³/mol. The van der Waals surface area contributed by atoms with Crippen LogP contribution in [0, 0.1) is 6.92 Å². The van der Waals surface area contributed by atoms with Crippen molar-refractivity contribution in [1.82, 2.24) is 10.2 Å². The van der Waals surface area contributed by atoms with E-state index in [1.165, 1.54) is 23.1 Å². The molecule has 164 valence electrons. The molecule has 3 rings (SSSR count). The SMILES string of the molecule is Cc1ccc(N2C(=O)N(CC(=O)NCc3ccccc3OC(F)(F)F)C(=O)C2C)cc1. The molecule has 1 saturated heterocycles. The van der Waals surface area contributed by atoms with E-state index < -0.39 is 42.5 Å². The predicted octanol–water partition coefficient (Wildman–Crippen LogP) is 3.37. The Morgan fingerprint density at radius 3 is 2.39 bits per heavy atom. The highest BCUT2D eigenvalue weighted by Gasteiger charge is 2.44. The summed E-state index contributed by atoms with van der Waals surface area (Å²) in [4.78, 5) is 39.7. The summed E-state index contributed by atoms with van der Waals surface area (Å²) in [6, 6.07) is 11.0. The molecule has 1 aliphatic rings. The first-order valence-corrected chi connectivity index (χ1v) is 9.38. The Hall–Kier alpha value is -3.56. The zero-order valence-corrected chi connectivity index (χ0v) is 16.8. The Balaban J connectivity index is 1.65. The second-order valence-electron chi connectivity index (χ2n) is 7.02. The third-order valence-electron chi connectivity index (χ3n) is 4.74. The number of alkyl halides is 3. The largest absolute Gasteiger partial charge is 0.573 e. The fourth-order valence-corrected chi connectivity index (χ4v) is 3.18. The number of imide groups is 1. The quantitative estimate of drug-likeness (QED) is 0.706. The van der Waals surface area contributed by atoms with Crippen molar-refractivity contribution in [3.05, 3.63) is 59.7 Å². The van der Waals surface area contributed by atoms with Crippen molar-refractivity contribution in [3.63, 3.8) is 0 Å². The molecule has 0 radical (unpaired) electrons. The lowest BCUT2D eigenvalue weighted by atomic mass is 10.2. The molecule has 0 aromatic heterocycles. The molecule has 0 bridgehead atoms. The lowest BCUT2D eigenvalue weighted by molar-refractivity contribution is -0.274. The highest BCUT2D eigenvalue weighted by molar-refractivity contribution is 6.15. The first-order chi connectivity index (χ1) is 14.6. The van der Waals surface area contributed by atoms with Gasteiger partial charge in [-0.25, -0.2) is 4.79 Å². The van der Waals surface area contributed by atoms with Gasteiger partial charge in [0.1, 0.15) is 18.3 Å². The maximum Gasteiger partial charge on any atom is 0.573 e. The molecule has 31 heavy (non-hydrogen) atoms. The first-order valence-electron chi connectivity index (χ1n) is 9.38. The lowest BCUT2D eigenvalue weighted by Gasteiger charge is -2.19. The van der Waals surface area contributed by atoms with Gasteiger partial charge in [-0.05, 0) is 32.0 Å². The minimum atomic E-state index is -4.87. The molecule has 2 aromatic rings. The molecule has 7 nitrogen and oxygen atoms in total. The number of ether oxygens (including phenoxy) is 1. The third-order valence-corrected chi connectivity index (χ3v) is 4.74. The van der Waals surface area contributed by atoms with Gasteiger partial charge in [-0.1, -0.05) is 35.9 Å². The number of carbonyl (C=O) groups excluding carboxylic acids is 3. The van der Waals surface area contributed by atoms with E-state index in [1.807, 2.05) is 6.92 Å². The Morgan fingerprint density at radius 1 is 1.10 bits per heavy atom. The molecule has 1 unspecified atom stereocenters. The van der Waals surface area contributed by atoms with Gasteiger partial charge in [-0.2, -0.15) is 0 Å². The van der Waals surface area contributed by atoms with Crippen LogP contribution in [0.4, 0.5) is 23.7 Å². The smallest absolute Gasteiger partial charge is 0.405 e. The molecule has 0 aliphatic carbocycles. The number of amides is 4. The number of para-hydroxylation sites is 1.